The fourth-order valence-corrected chi connectivity index (χ4v) is 2.42. The lowest BCUT2D eigenvalue weighted by atomic mass is 10.5. The van der Waals surface area contributed by atoms with Gasteiger partial charge < -0.3 is 8.85 Å². The summed E-state index contributed by atoms with van der Waals surface area (Å²) in [5.41, 5.74) is 3.91. The molecule has 0 bridgehead atoms. The maximum Gasteiger partial charge on any atom is 0.210 e. The first kappa shape index (κ1) is 14.8. The highest BCUT2D eigenvalue weighted by Gasteiger charge is 2.18. The molecule has 88 valence electrons. The van der Waals surface area contributed by atoms with Crippen molar-refractivity contribution in [3.05, 3.63) is 24.6 Å². The predicted molar refractivity (Wildman–Crippen MR) is 71.9 cm³/mol. The SMILES string of the molecule is C=C[Si](C)(C)OCCCO[Si](C)(C)C=C. The van der Waals surface area contributed by atoms with Gasteiger partial charge in [0.1, 0.15) is 0 Å². The molecule has 0 rings (SSSR count). The van der Waals surface area contributed by atoms with E-state index in [1.54, 1.807) is 0 Å². The van der Waals surface area contributed by atoms with Gasteiger partial charge in [-0.05, 0) is 32.6 Å². The molecule has 0 radical (unpaired) electrons. The molecule has 0 aromatic heterocycles. The zero-order valence-corrected chi connectivity index (χ0v) is 12.5. The maximum absolute atomic E-state index is 5.76. The monoisotopic (exact) mass is 244 g/mol. The smallest absolute Gasteiger partial charge is 0.210 e. The second-order valence-electron chi connectivity index (χ2n) is 4.67. The van der Waals surface area contributed by atoms with Gasteiger partial charge in [0.25, 0.3) is 0 Å². The van der Waals surface area contributed by atoms with Gasteiger partial charge in [-0.3, -0.25) is 0 Å². The van der Waals surface area contributed by atoms with Gasteiger partial charge in [-0.1, -0.05) is 11.4 Å². The molecule has 0 aliphatic carbocycles. The number of hydrogen-bond acceptors (Lipinski definition) is 2. The summed E-state index contributed by atoms with van der Waals surface area (Å²) in [7, 11) is -3.16. The van der Waals surface area contributed by atoms with Crippen LogP contribution in [0.1, 0.15) is 6.42 Å². The molecule has 0 amide bonds. The zero-order chi connectivity index (χ0) is 11.9. The normalized spacial score (nSPS) is 12.5. The van der Waals surface area contributed by atoms with E-state index in [1.807, 2.05) is 11.4 Å². The molecule has 0 aliphatic rings. The molecule has 0 fully saturated rings. The molecular formula is C11H24O2Si2. The molecule has 0 saturated heterocycles. The van der Waals surface area contributed by atoms with Crippen molar-refractivity contribution in [2.75, 3.05) is 13.2 Å². The van der Waals surface area contributed by atoms with Crippen LogP contribution in [-0.4, -0.2) is 29.8 Å². The summed E-state index contributed by atoms with van der Waals surface area (Å²) in [5, 5.41) is 0. The molecule has 0 aromatic carbocycles. The van der Waals surface area contributed by atoms with Gasteiger partial charge in [0.05, 0.1) is 0 Å². The zero-order valence-electron chi connectivity index (χ0n) is 10.5. The summed E-state index contributed by atoms with van der Waals surface area (Å²) in [6, 6.07) is 0. The second kappa shape index (κ2) is 6.42. The van der Waals surface area contributed by atoms with Crippen LogP contribution in [0.15, 0.2) is 24.6 Å². The summed E-state index contributed by atoms with van der Waals surface area (Å²) in [6.07, 6.45) is 0.953. The minimum atomic E-state index is -1.58. The molecule has 0 atom stereocenters. The topological polar surface area (TPSA) is 18.5 Å². The minimum absolute atomic E-state index is 0.771. The van der Waals surface area contributed by atoms with Crippen LogP contribution in [0.4, 0.5) is 0 Å². The summed E-state index contributed by atoms with van der Waals surface area (Å²) in [5.74, 6) is 0. The quantitative estimate of drug-likeness (QED) is 0.482. The van der Waals surface area contributed by atoms with Gasteiger partial charge in [0, 0.05) is 13.2 Å². The molecule has 4 heteroatoms. The van der Waals surface area contributed by atoms with Crippen molar-refractivity contribution in [3.63, 3.8) is 0 Å². The third-order valence-corrected chi connectivity index (χ3v) is 6.08. The van der Waals surface area contributed by atoms with E-state index in [4.69, 9.17) is 8.85 Å². The largest absolute Gasteiger partial charge is 0.413 e. The number of rotatable bonds is 8. The number of hydrogen-bond donors (Lipinski definition) is 0. The van der Waals surface area contributed by atoms with E-state index in [1.165, 1.54) is 0 Å². The van der Waals surface area contributed by atoms with Crippen LogP contribution in [-0.2, 0) is 8.85 Å². The maximum atomic E-state index is 5.76. The van der Waals surface area contributed by atoms with Crippen molar-refractivity contribution >= 4 is 16.6 Å². The highest BCUT2D eigenvalue weighted by Crippen LogP contribution is 2.08. The van der Waals surface area contributed by atoms with E-state index < -0.39 is 16.6 Å². The first-order valence-electron chi connectivity index (χ1n) is 5.38. The fourth-order valence-electron chi connectivity index (χ4n) is 0.847. The Balaban J connectivity index is 3.56. The highest BCUT2D eigenvalue weighted by atomic mass is 28.4. The van der Waals surface area contributed by atoms with E-state index in [2.05, 4.69) is 39.3 Å². The summed E-state index contributed by atoms with van der Waals surface area (Å²) < 4.78 is 11.5. The predicted octanol–water partition coefficient (Wildman–Crippen LogP) is 3.27. The first-order chi connectivity index (χ1) is 6.83. The Morgan fingerprint density at radius 1 is 0.867 bits per heavy atom. The van der Waals surface area contributed by atoms with E-state index in [-0.39, 0.29) is 0 Å². The molecule has 0 aliphatic heterocycles. The standard InChI is InChI=1S/C11H24O2Si2/c1-7-14(3,4)12-10-9-11-13-15(5,6)8-2/h7-8H,1-2,9-11H2,3-6H3. The highest BCUT2D eigenvalue weighted by molar-refractivity contribution is 6.76. The summed E-state index contributed by atoms with van der Waals surface area (Å²) in [4.78, 5) is 0. The van der Waals surface area contributed by atoms with Crippen LogP contribution in [0.25, 0.3) is 0 Å². The van der Waals surface area contributed by atoms with Crippen molar-refractivity contribution in [3.8, 4) is 0 Å². The van der Waals surface area contributed by atoms with Gasteiger partial charge in [0.2, 0.25) is 16.6 Å². The average Bonchev–Trinajstić information content (AvgIpc) is 2.17. The van der Waals surface area contributed by atoms with E-state index in [9.17, 15) is 0 Å². The van der Waals surface area contributed by atoms with E-state index in [0.717, 1.165) is 19.6 Å². The lowest BCUT2D eigenvalue weighted by molar-refractivity contribution is 0.243. The molecule has 0 aromatic rings. The van der Waals surface area contributed by atoms with Crippen molar-refractivity contribution in [1.29, 1.82) is 0 Å². The van der Waals surface area contributed by atoms with Crippen LogP contribution >= 0.6 is 0 Å². The molecular weight excluding hydrogens is 220 g/mol. The Bertz CT molecular complexity index is 191. The molecule has 0 spiro atoms. The van der Waals surface area contributed by atoms with Gasteiger partial charge in [-0.15, -0.1) is 13.2 Å². The molecule has 0 N–H and O–H groups in total. The molecule has 2 nitrogen and oxygen atoms in total. The lowest BCUT2D eigenvalue weighted by Gasteiger charge is -2.20. The van der Waals surface area contributed by atoms with Gasteiger partial charge in [-0.25, -0.2) is 0 Å². The molecule has 15 heavy (non-hydrogen) atoms. The van der Waals surface area contributed by atoms with E-state index >= 15 is 0 Å². The van der Waals surface area contributed by atoms with Gasteiger partial charge in [0.15, 0.2) is 0 Å². The van der Waals surface area contributed by atoms with E-state index in [0.29, 0.717) is 0 Å². The summed E-state index contributed by atoms with van der Waals surface area (Å²) >= 11 is 0. The van der Waals surface area contributed by atoms with Crippen molar-refractivity contribution in [1.82, 2.24) is 0 Å². The Kier molecular flexibility index (Phi) is 6.35. The molecule has 0 saturated carbocycles. The Morgan fingerprint density at radius 2 is 1.20 bits per heavy atom. The molecule has 0 heterocycles. The van der Waals surface area contributed by atoms with Gasteiger partial charge in [-0.2, -0.15) is 0 Å². The average molecular weight is 244 g/mol. The van der Waals surface area contributed by atoms with Crippen LogP contribution in [0.3, 0.4) is 0 Å². The van der Waals surface area contributed by atoms with Crippen molar-refractivity contribution < 1.29 is 8.85 Å². The third-order valence-electron chi connectivity index (χ3n) is 2.22. The minimum Gasteiger partial charge on any atom is -0.413 e. The Labute approximate surface area is 96.2 Å². The van der Waals surface area contributed by atoms with Crippen LogP contribution in [0.5, 0.6) is 0 Å². The van der Waals surface area contributed by atoms with Crippen LogP contribution < -0.4 is 0 Å². The Hall–Kier alpha value is -0.166. The fraction of sp³-hybridized carbons (Fsp3) is 0.636. The van der Waals surface area contributed by atoms with Crippen LogP contribution in [0.2, 0.25) is 26.2 Å². The first-order valence-corrected chi connectivity index (χ1v) is 11.4. The molecule has 0 unspecified atom stereocenters. The lowest BCUT2D eigenvalue weighted by Crippen LogP contribution is -2.30. The van der Waals surface area contributed by atoms with Crippen LogP contribution in [0, 0.1) is 0 Å². The van der Waals surface area contributed by atoms with Crippen molar-refractivity contribution in [2.45, 2.75) is 32.6 Å². The third kappa shape index (κ3) is 7.73. The van der Waals surface area contributed by atoms with Crippen molar-refractivity contribution in [2.24, 2.45) is 0 Å². The van der Waals surface area contributed by atoms with Gasteiger partial charge >= 0.3 is 0 Å². The second-order valence-corrected chi connectivity index (χ2v) is 12.5. The summed E-state index contributed by atoms with van der Waals surface area (Å²) in [6.45, 7) is 17.7. The Morgan fingerprint density at radius 3 is 1.47 bits per heavy atom.